The van der Waals surface area contributed by atoms with E-state index in [2.05, 4.69) is 20.9 Å². The summed E-state index contributed by atoms with van der Waals surface area (Å²) in [5, 5.41) is 0. The van der Waals surface area contributed by atoms with Crippen LogP contribution in [0.15, 0.2) is 4.73 Å². The van der Waals surface area contributed by atoms with Crippen molar-refractivity contribution in [2.24, 2.45) is 7.05 Å². The average molecular weight is 312 g/mol. The van der Waals surface area contributed by atoms with E-state index in [0.29, 0.717) is 16.8 Å². The zero-order valence-electron chi connectivity index (χ0n) is 8.88. The normalized spacial score (nSPS) is 15.9. The monoisotopic (exact) mass is 311 g/mol. The smallest absolute Gasteiger partial charge is 0.329 e. The Labute approximate surface area is 104 Å². The van der Waals surface area contributed by atoms with Gasteiger partial charge in [0, 0.05) is 20.0 Å². The van der Waals surface area contributed by atoms with Gasteiger partial charge >= 0.3 is 12.1 Å². The Kier molecular flexibility index (Phi) is 2.92. The highest BCUT2D eigenvalue weighted by molar-refractivity contribution is 9.10. The zero-order chi connectivity index (χ0) is 12.8. The summed E-state index contributed by atoms with van der Waals surface area (Å²) in [7, 11) is 1.69. The molecule has 0 N–H and O–H groups in total. The van der Waals surface area contributed by atoms with Crippen molar-refractivity contribution in [1.29, 1.82) is 0 Å². The molecule has 0 atom stereocenters. The third-order valence-electron chi connectivity index (χ3n) is 2.73. The number of halogens is 4. The lowest BCUT2D eigenvalue weighted by Gasteiger charge is -2.27. The summed E-state index contributed by atoms with van der Waals surface area (Å²) in [5.41, 5.74) is 1.38. The predicted octanol–water partition coefficient (Wildman–Crippen LogP) is 1.63. The van der Waals surface area contributed by atoms with Crippen molar-refractivity contribution in [1.82, 2.24) is 14.5 Å². The molecule has 1 aliphatic heterocycles. The van der Waals surface area contributed by atoms with Crippen LogP contribution >= 0.6 is 15.9 Å². The van der Waals surface area contributed by atoms with Crippen LogP contribution in [0.2, 0.25) is 0 Å². The van der Waals surface area contributed by atoms with Crippen molar-refractivity contribution in [2.45, 2.75) is 19.1 Å². The largest absolute Gasteiger partial charge is 0.471 e. The van der Waals surface area contributed by atoms with Crippen LogP contribution in [0.25, 0.3) is 0 Å². The lowest BCUT2D eigenvalue weighted by atomic mass is 10.1. The molecule has 0 radical (unpaired) electrons. The molecule has 0 unspecified atom stereocenters. The molecule has 4 nitrogen and oxygen atoms in total. The summed E-state index contributed by atoms with van der Waals surface area (Å²) in [6.45, 7) is -0.00241. The van der Waals surface area contributed by atoms with Crippen molar-refractivity contribution >= 4 is 21.8 Å². The van der Waals surface area contributed by atoms with Crippen LogP contribution in [-0.2, 0) is 24.8 Å². The quantitative estimate of drug-likeness (QED) is 0.730. The highest BCUT2D eigenvalue weighted by atomic mass is 79.9. The maximum Gasteiger partial charge on any atom is 0.471 e. The molecule has 0 bridgehead atoms. The van der Waals surface area contributed by atoms with E-state index in [1.165, 1.54) is 0 Å². The first-order valence-corrected chi connectivity index (χ1v) is 5.66. The van der Waals surface area contributed by atoms with Crippen LogP contribution in [0.5, 0.6) is 0 Å². The average Bonchev–Trinajstić information content (AvgIpc) is 2.52. The van der Waals surface area contributed by atoms with Crippen LogP contribution in [-0.4, -0.2) is 33.1 Å². The molecule has 17 heavy (non-hydrogen) atoms. The van der Waals surface area contributed by atoms with Crippen LogP contribution in [0.1, 0.15) is 11.4 Å². The van der Waals surface area contributed by atoms with Gasteiger partial charge in [-0.2, -0.15) is 13.2 Å². The molecule has 1 amide bonds. The van der Waals surface area contributed by atoms with Crippen molar-refractivity contribution in [2.75, 3.05) is 6.54 Å². The van der Waals surface area contributed by atoms with Crippen molar-refractivity contribution in [3.05, 3.63) is 16.1 Å². The first-order valence-electron chi connectivity index (χ1n) is 4.86. The summed E-state index contributed by atoms with van der Waals surface area (Å²) in [5.74, 6) is -1.79. The molecule has 8 heteroatoms. The number of imidazole rings is 1. The summed E-state index contributed by atoms with van der Waals surface area (Å²) in [6, 6.07) is 0. The predicted molar refractivity (Wildman–Crippen MR) is 56.1 cm³/mol. The van der Waals surface area contributed by atoms with Gasteiger partial charge in [-0.25, -0.2) is 4.98 Å². The number of alkyl halides is 3. The second-order valence-electron chi connectivity index (χ2n) is 3.81. The number of aromatic nitrogens is 2. The number of carbonyl (C=O) groups is 1. The minimum Gasteiger partial charge on any atom is -0.329 e. The Hall–Kier alpha value is -1.05. The van der Waals surface area contributed by atoms with Crippen molar-refractivity contribution in [3.8, 4) is 0 Å². The minimum atomic E-state index is -4.81. The second kappa shape index (κ2) is 4.01. The molecule has 0 spiro atoms. The molecule has 94 valence electrons. The first-order chi connectivity index (χ1) is 7.80. The van der Waals surface area contributed by atoms with Gasteiger partial charge in [-0.3, -0.25) is 4.79 Å². The van der Waals surface area contributed by atoms with Crippen LogP contribution in [0, 0.1) is 0 Å². The second-order valence-corrected chi connectivity index (χ2v) is 4.52. The zero-order valence-corrected chi connectivity index (χ0v) is 10.5. The topological polar surface area (TPSA) is 38.1 Å². The van der Waals surface area contributed by atoms with Gasteiger partial charge in [0.25, 0.3) is 0 Å². The van der Waals surface area contributed by atoms with E-state index >= 15 is 0 Å². The molecular formula is C9H9BrF3N3O. The summed E-state index contributed by atoms with van der Waals surface area (Å²) in [4.78, 5) is 16.1. The van der Waals surface area contributed by atoms with E-state index in [1.54, 1.807) is 11.6 Å². The Morgan fingerprint density at radius 2 is 2.12 bits per heavy atom. The molecular weight excluding hydrogens is 303 g/mol. The van der Waals surface area contributed by atoms with Crippen LogP contribution in [0.4, 0.5) is 13.2 Å². The van der Waals surface area contributed by atoms with E-state index in [-0.39, 0.29) is 13.1 Å². The number of amides is 1. The highest BCUT2D eigenvalue weighted by Crippen LogP contribution is 2.26. The van der Waals surface area contributed by atoms with Gasteiger partial charge in [0.1, 0.15) is 0 Å². The third kappa shape index (κ3) is 2.18. The fraction of sp³-hybridized carbons (Fsp3) is 0.556. The maximum absolute atomic E-state index is 12.3. The molecule has 2 heterocycles. The molecule has 2 rings (SSSR count). The summed E-state index contributed by atoms with van der Waals surface area (Å²) in [6.07, 6.45) is -4.47. The molecule has 1 aromatic heterocycles. The number of hydrogen-bond donors (Lipinski definition) is 0. The van der Waals surface area contributed by atoms with Gasteiger partial charge in [-0.1, -0.05) is 0 Å². The van der Waals surface area contributed by atoms with E-state index in [9.17, 15) is 18.0 Å². The highest BCUT2D eigenvalue weighted by Gasteiger charge is 2.43. The fourth-order valence-electron chi connectivity index (χ4n) is 1.81. The van der Waals surface area contributed by atoms with Crippen molar-refractivity contribution < 1.29 is 18.0 Å². The number of nitrogens with zero attached hydrogens (tertiary/aromatic N) is 3. The maximum atomic E-state index is 12.3. The van der Waals surface area contributed by atoms with E-state index in [0.717, 1.165) is 10.6 Å². The molecule has 0 saturated heterocycles. The lowest BCUT2D eigenvalue weighted by Crippen LogP contribution is -2.44. The van der Waals surface area contributed by atoms with Gasteiger partial charge < -0.3 is 9.47 Å². The lowest BCUT2D eigenvalue weighted by molar-refractivity contribution is -0.186. The Morgan fingerprint density at radius 3 is 2.71 bits per heavy atom. The number of hydrogen-bond acceptors (Lipinski definition) is 2. The Morgan fingerprint density at radius 1 is 1.47 bits per heavy atom. The van der Waals surface area contributed by atoms with Crippen molar-refractivity contribution in [3.63, 3.8) is 0 Å². The molecule has 0 aliphatic carbocycles. The summed E-state index contributed by atoms with van der Waals surface area (Å²) >= 11 is 3.20. The molecule has 1 aromatic rings. The van der Waals surface area contributed by atoms with Gasteiger partial charge in [0.2, 0.25) is 0 Å². The van der Waals surface area contributed by atoms with Gasteiger partial charge in [-0.05, 0) is 15.9 Å². The van der Waals surface area contributed by atoms with E-state index < -0.39 is 12.1 Å². The summed E-state index contributed by atoms with van der Waals surface area (Å²) < 4.78 is 39.1. The van der Waals surface area contributed by atoms with E-state index in [4.69, 9.17) is 0 Å². The molecule has 1 aliphatic rings. The van der Waals surface area contributed by atoms with Gasteiger partial charge in [-0.15, -0.1) is 0 Å². The molecule has 0 aromatic carbocycles. The van der Waals surface area contributed by atoms with Gasteiger partial charge in [0.15, 0.2) is 4.73 Å². The SMILES string of the molecule is Cn1c(Br)nc2c1CN(C(=O)C(F)(F)F)CC2. The number of carbonyl (C=O) groups excluding carboxylic acids is 1. The van der Waals surface area contributed by atoms with Gasteiger partial charge in [0.05, 0.1) is 17.9 Å². The standard InChI is InChI=1S/C9H9BrF3N3O/c1-15-6-4-16(7(17)9(11,12)13)3-2-5(6)14-8(15)10/h2-4H2,1H3. The molecule has 0 saturated carbocycles. The third-order valence-corrected chi connectivity index (χ3v) is 3.44. The number of fused-ring (bicyclic) bond motifs is 1. The van der Waals surface area contributed by atoms with E-state index in [1.807, 2.05) is 0 Å². The van der Waals surface area contributed by atoms with Crippen LogP contribution in [0.3, 0.4) is 0 Å². The Bertz CT molecular complexity index is 469. The molecule has 0 fully saturated rings. The first kappa shape index (κ1) is 12.4. The van der Waals surface area contributed by atoms with Crippen LogP contribution < -0.4 is 0 Å². The minimum absolute atomic E-state index is 0.0504. The Balaban J connectivity index is 2.24. The fourth-order valence-corrected chi connectivity index (χ4v) is 2.23. The number of rotatable bonds is 0.